The first-order chi connectivity index (χ1) is 10.1. The monoisotopic (exact) mass is 367 g/mol. The van der Waals surface area contributed by atoms with Gasteiger partial charge in [0.25, 0.3) is 0 Å². The number of esters is 1. The lowest BCUT2D eigenvalue weighted by Crippen LogP contribution is -2.02. The highest BCUT2D eigenvalue weighted by molar-refractivity contribution is 9.13. The van der Waals surface area contributed by atoms with Crippen molar-refractivity contribution in [1.29, 1.82) is 0 Å². The third-order valence-electron chi connectivity index (χ3n) is 2.94. The fraction of sp³-hybridized carbons (Fsp3) is 0.143. The van der Waals surface area contributed by atoms with Gasteiger partial charge in [0.1, 0.15) is 5.69 Å². The summed E-state index contributed by atoms with van der Waals surface area (Å²) in [5, 5.41) is 3.86. The number of halogens is 1. The fourth-order valence-corrected chi connectivity index (χ4v) is 3.75. The number of ether oxygens (including phenoxy) is 1. The molecule has 1 aliphatic heterocycles. The quantitative estimate of drug-likeness (QED) is 0.778. The highest BCUT2D eigenvalue weighted by atomic mass is 79.9. The van der Waals surface area contributed by atoms with E-state index in [2.05, 4.69) is 21.1 Å². The zero-order valence-corrected chi connectivity index (χ0v) is 13.4. The topological polar surface area (TPSA) is 69.4 Å². The Hall–Kier alpha value is -1.73. The summed E-state index contributed by atoms with van der Waals surface area (Å²) in [6.45, 7) is 1.99. The van der Waals surface area contributed by atoms with Gasteiger partial charge in [-0.3, -0.25) is 0 Å². The van der Waals surface area contributed by atoms with E-state index < -0.39 is 16.8 Å². The number of nitrogens with zero attached hydrogens (tertiary/aromatic N) is 1. The summed E-state index contributed by atoms with van der Waals surface area (Å²) in [4.78, 5) is 12.3. The van der Waals surface area contributed by atoms with Gasteiger partial charge in [0.2, 0.25) is 5.76 Å². The molecule has 0 fully saturated rings. The molecule has 5 nitrogen and oxygen atoms in total. The van der Waals surface area contributed by atoms with E-state index in [1.54, 1.807) is 13.0 Å². The van der Waals surface area contributed by atoms with Crippen LogP contribution in [0.1, 0.15) is 23.0 Å². The van der Waals surface area contributed by atoms with Crippen LogP contribution in [0.3, 0.4) is 0 Å². The SMILES string of the molecule is CCOC(=O)c1cc(-c2ccc3c(c2)S(=O)C(Br)=C3)no1. The number of benzene rings is 1. The molecule has 1 unspecified atom stereocenters. The summed E-state index contributed by atoms with van der Waals surface area (Å²) >= 11 is 3.27. The van der Waals surface area contributed by atoms with E-state index in [-0.39, 0.29) is 12.4 Å². The average Bonchev–Trinajstić information content (AvgIpc) is 3.06. The van der Waals surface area contributed by atoms with Crippen molar-refractivity contribution in [2.75, 3.05) is 6.61 Å². The number of hydrogen-bond acceptors (Lipinski definition) is 5. The second-order valence-corrected chi connectivity index (χ2v) is 7.06. The molecule has 0 aliphatic carbocycles. The molecule has 108 valence electrons. The van der Waals surface area contributed by atoms with Crippen molar-refractivity contribution in [3.05, 3.63) is 39.4 Å². The van der Waals surface area contributed by atoms with Crippen molar-refractivity contribution in [3.8, 4) is 11.3 Å². The maximum absolute atomic E-state index is 12.1. The Bertz CT molecular complexity index is 781. The standard InChI is InChI=1S/C14H10BrNO4S/c1-2-19-14(17)11-7-10(16-20-11)8-3-4-9-6-13(15)21(18)12(9)5-8/h3-7H,2H2,1H3. The van der Waals surface area contributed by atoms with Crippen LogP contribution in [0.25, 0.3) is 17.3 Å². The predicted octanol–water partition coefficient (Wildman–Crippen LogP) is 3.33. The van der Waals surface area contributed by atoms with Crippen LogP contribution in [0, 0.1) is 0 Å². The molecule has 7 heteroatoms. The lowest BCUT2D eigenvalue weighted by Gasteiger charge is -2.00. The van der Waals surface area contributed by atoms with Gasteiger partial charge in [-0.05, 0) is 40.6 Å². The van der Waals surface area contributed by atoms with Gasteiger partial charge in [-0.25, -0.2) is 9.00 Å². The number of hydrogen-bond donors (Lipinski definition) is 0. The summed E-state index contributed by atoms with van der Waals surface area (Å²) in [5.74, 6) is -0.502. The first kappa shape index (κ1) is 14.2. The van der Waals surface area contributed by atoms with Gasteiger partial charge >= 0.3 is 5.97 Å². The second-order valence-electron chi connectivity index (χ2n) is 4.27. The molecular formula is C14H10BrNO4S. The third kappa shape index (κ3) is 2.58. The van der Waals surface area contributed by atoms with E-state index in [9.17, 15) is 9.00 Å². The largest absolute Gasteiger partial charge is 0.460 e. The van der Waals surface area contributed by atoms with Crippen LogP contribution in [-0.4, -0.2) is 21.9 Å². The van der Waals surface area contributed by atoms with Crippen LogP contribution < -0.4 is 0 Å². The van der Waals surface area contributed by atoms with Crippen LogP contribution in [0.4, 0.5) is 0 Å². The Labute approximate surface area is 131 Å². The van der Waals surface area contributed by atoms with Gasteiger partial charge in [-0.2, -0.15) is 0 Å². The molecule has 0 amide bonds. The van der Waals surface area contributed by atoms with Gasteiger partial charge in [0, 0.05) is 11.6 Å². The summed E-state index contributed by atoms with van der Waals surface area (Å²) in [6.07, 6.45) is 1.82. The highest BCUT2D eigenvalue weighted by Gasteiger charge is 2.21. The van der Waals surface area contributed by atoms with Crippen LogP contribution >= 0.6 is 15.9 Å². The van der Waals surface area contributed by atoms with Crippen molar-refractivity contribution in [2.24, 2.45) is 0 Å². The molecule has 0 N–H and O–H groups in total. The Morgan fingerprint density at radius 1 is 1.43 bits per heavy atom. The molecule has 1 aromatic heterocycles. The Morgan fingerprint density at radius 2 is 2.24 bits per heavy atom. The molecule has 0 spiro atoms. The average molecular weight is 368 g/mol. The van der Waals surface area contributed by atoms with Crippen molar-refractivity contribution in [1.82, 2.24) is 5.16 Å². The van der Waals surface area contributed by atoms with Gasteiger partial charge in [-0.1, -0.05) is 17.3 Å². The molecule has 1 aliphatic rings. The highest BCUT2D eigenvalue weighted by Crippen LogP contribution is 2.35. The number of fused-ring (bicyclic) bond motifs is 1. The molecule has 0 saturated carbocycles. The van der Waals surface area contributed by atoms with Crippen LogP contribution in [0.5, 0.6) is 0 Å². The minimum absolute atomic E-state index is 0.0489. The normalized spacial score (nSPS) is 16.5. The first-order valence-electron chi connectivity index (χ1n) is 6.17. The zero-order valence-electron chi connectivity index (χ0n) is 11.0. The minimum atomic E-state index is -1.20. The molecule has 0 saturated heterocycles. The summed E-state index contributed by atoms with van der Waals surface area (Å²) in [6, 6.07) is 6.99. The summed E-state index contributed by atoms with van der Waals surface area (Å²) in [7, 11) is -1.20. The molecule has 1 atom stereocenters. The molecule has 2 aromatic rings. The number of aromatic nitrogens is 1. The molecule has 0 bridgehead atoms. The Kier molecular flexibility index (Phi) is 3.77. The van der Waals surface area contributed by atoms with E-state index in [0.717, 1.165) is 11.1 Å². The zero-order chi connectivity index (χ0) is 15.0. The smallest absolute Gasteiger partial charge is 0.377 e. The summed E-state index contributed by atoms with van der Waals surface area (Å²) < 4.78 is 22.5. The fourth-order valence-electron chi connectivity index (χ4n) is 1.96. The lowest BCUT2D eigenvalue weighted by molar-refractivity contribution is 0.0480. The van der Waals surface area contributed by atoms with Gasteiger partial charge in [0.05, 0.1) is 26.1 Å². The Balaban J connectivity index is 1.93. The molecular weight excluding hydrogens is 358 g/mol. The van der Waals surface area contributed by atoms with E-state index in [1.165, 1.54) is 6.07 Å². The van der Waals surface area contributed by atoms with E-state index >= 15 is 0 Å². The lowest BCUT2D eigenvalue weighted by atomic mass is 10.1. The second kappa shape index (κ2) is 5.57. The maximum atomic E-state index is 12.1. The molecule has 21 heavy (non-hydrogen) atoms. The van der Waals surface area contributed by atoms with Crippen LogP contribution in [0.2, 0.25) is 0 Å². The Morgan fingerprint density at radius 3 is 3.00 bits per heavy atom. The van der Waals surface area contributed by atoms with Crippen LogP contribution in [0.15, 0.2) is 37.5 Å². The molecule has 1 aromatic carbocycles. The number of carbonyl (C=O) groups is 1. The van der Waals surface area contributed by atoms with Crippen molar-refractivity contribution in [3.63, 3.8) is 0 Å². The molecule has 0 radical (unpaired) electrons. The minimum Gasteiger partial charge on any atom is -0.460 e. The molecule has 3 rings (SSSR count). The predicted molar refractivity (Wildman–Crippen MR) is 81.2 cm³/mol. The van der Waals surface area contributed by atoms with Gasteiger partial charge < -0.3 is 9.26 Å². The first-order valence-corrected chi connectivity index (χ1v) is 8.11. The van der Waals surface area contributed by atoms with Crippen molar-refractivity contribution < 1.29 is 18.3 Å². The maximum Gasteiger partial charge on any atom is 0.377 e. The van der Waals surface area contributed by atoms with E-state index in [1.807, 2.05) is 18.2 Å². The van der Waals surface area contributed by atoms with Crippen molar-refractivity contribution >= 4 is 38.8 Å². The third-order valence-corrected chi connectivity index (χ3v) is 5.28. The summed E-state index contributed by atoms with van der Waals surface area (Å²) in [5.41, 5.74) is 2.14. The molecule has 2 heterocycles. The van der Waals surface area contributed by atoms with Crippen LogP contribution in [-0.2, 0) is 15.5 Å². The number of carbonyl (C=O) groups excluding carboxylic acids is 1. The van der Waals surface area contributed by atoms with Gasteiger partial charge in [-0.15, -0.1) is 0 Å². The van der Waals surface area contributed by atoms with Crippen molar-refractivity contribution in [2.45, 2.75) is 11.8 Å². The van der Waals surface area contributed by atoms with E-state index in [0.29, 0.717) is 14.4 Å². The van der Waals surface area contributed by atoms with E-state index in [4.69, 9.17) is 9.26 Å². The number of rotatable bonds is 3. The van der Waals surface area contributed by atoms with Gasteiger partial charge in [0.15, 0.2) is 0 Å².